The zero-order chi connectivity index (χ0) is 18.3. The van der Waals surface area contributed by atoms with E-state index in [1.54, 1.807) is 0 Å². The monoisotopic (exact) mass is 374 g/mol. The number of carbonyl (C=O) groups is 3. The first kappa shape index (κ1) is 17.3. The van der Waals surface area contributed by atoms with Crippen molar-refractivity contribution in [1.82, 2.24) is 5.32 Å². The van der Waals surface area contributed by atoms with Crippen LogP contribution in [0.1, 0.15) is 52.9 Å². The molecule has 0 bridgehead atoms. The van der Waals surface area contributed by atoms with Gasteiger partial charge in [-0.2, -0.15) is 0 Å². The lowest BCUT2D eigenvalue weighted by molar-refractivity contribution is -0.146. The van der Waals surface area contributed by atoms with Crippen molar-refractivity contribution in [3.8, 4) is 0 Å². The van der Waals surface area contributed by atoms with Crippen LogP contribution in [0.2, 0.25) is 0 Å². The number of carbonyl (C=O) groups excluding carboxylic acids is 2. The Hall–Kier alpha value is -2.15. The number of carboxylic acid groups (broad SMARTS) is 1. The van der Waals surface area contributed by atoms with Gasteiger partial charge < -0.3 is 15.7 Å². The summed E-state index contributed by atoms with van der Waals surface area (Å²) in [5, 5.41) is 15.9. The van der Waals surface area contributed by atoms with E-state index in [4.69, 9.17) is 0 Å². The summed E-state index contributed by atoms with van der Waals surface area (Å²) in [7, 11) is 0. The summed E-state index contributed by atoms with van der Waals surface area (Å²) in [6, 6.07) is 0.253. The van der Waals surface area contributed by atoms with Crippen molar-refractivity contribution in [3.05, 3.63) is 28.2 Å². The van der Waals surface area contributed by atoms with Gasteiger partial charge in [0.05, 0.1) is 17.4 Å². The lowest BCUT2D eigenvalue weighted by atomic mass is 9.82. The molecule has 1 fully saturated rings. The van der Waals surface area contributed by atoms with Crippen LogP contribution >= 0.6 is 11.3 Å². The Morgan fingerprint density at radius 1 is 1.08 bits per heavy atom. The molecule has 1 heterocycles. The van der Waals surface area contributed by atoms with E-state index in [1.807, 2.05) is 12.2 Å². The first-order valence-electron chi connectivity index (χ1n) is 9.18. The van der Waals surface area contributed by atoms with Crippen LogP contribution in [0.25, 0.3) is 0 Å². The fourth-order valence-corrected chi connectivity index (χ4v) is 5.09. The third kappa shape index (κ3) is 3.28. The molecule has 138 valence electrons. The largest absolute Gasteiger partial charge is 0.481 e. The van der Waals surface area contributed by atoms with Gasteiger partial charge in [0.25, 0.3) is 5.91 Å². The number of hydrogen-bond donors (Lipinski definition) is 3. The first-order valence-corrected chi connectivity index (χ1v) is 10.0. The van der Waals surface area contributed by atoms with Crippen LogP contribution in [0, 0.1) is 11.8 Å². The fourth-order valence-electron chi connectivity index (χ4n) is 3.80. The Morgan fingerprint density at radius 3 is 2.50 bits per heavy atom. The highest BCUT2D eigenvalue weighted by Gasteiger charge is 2.36. The topological polar surface area (TPSA) is 95.5 Å². The van der Waals surface area contributed by atoms with Gasteiger partial charge in [-0.3, -0.25) is 14.4 Å². The summed E-state index contributed by atoms with van der Waals surface area (Å²) in [6.07, 6.45) is 9.30. The SMILES string of the molecule is O=C(NC1CC1)c1c(NC(=O)[C@H]2CC=CC[C@@H]2C(=O)O)sc2c1CCC2. The molecule has 6 nitrogen and oxygen atoms in total. The molecule has 0 spiro atoms. The number of aryl methyl sites for hydroxylation is 1. The normalized spacial score (nSPS) is 24.2. The van der Waals surface area contributed by atoms with Crippen LogP contribution in [0.5, 0.6) is 0 Å². The molecule has 3 N–H and O–H groups in total. The van der Waals surface area contributed by atoms with Crippen LogP contribution in [-0.4, -0.2) is 28.9 Å². The van der Waals surface area contributed by atoms with Gasteiger partial charge in [-0.25, -0.2) is 0 Å². The van der Waals surface area contributed by atoms with Gasteiger partial charge >= 0.3 is 5.97 Å². The molecule has 0 aromatic carbocycles. The molecular formula is C19H22N2O4S. The second-order valence-electron chi connectivity index (χ2n) is 7.29. The molecule has 0 unspecified atom stereocenters. The minimum Gasteiger partial charge on any atom is -0.481 e. The number of anilines is 1. The standard InChI is InChI=1S/C19H22N2O4S/c22-16(11-4-1-2-5-12(11)19(24)25)21-18-15(17(23)20-10-8-9-10)13-6-3-7-14(13)26-18/h1-2,10-12H,3-9H2,(H,20,23)(H,21,22)(H,24,25)/t11-,12-/m0/s1. The average Bonchev–Trinajstić information content (AvgIpc) is 3.20. The Morgan fingerprint density at radius 2 is 1.81 bits per heavy atom. The van der Waals surface area contributed by atoms with E-state index < -0.39 is 17.8 Å². The van der Waals surface area contributed by atoms with Gasteiger partial charge in [0.2, 0.25) is 5.91 Å². The zero-order valence-electron chi connectivity index (χ0n) is 14.4. The number of rotatable bonds is 5. The van der Waals surface area contributed by atoms with Gasteiger partial charge in [-0.15, -0.1) is 11.3 Å². The Kier molecular flexibility index (Phi) is 4.56. The van der Waals surface area contributed by atoms with Gasteiger partial charge in [-0.05, 0) is 50.5 Å². The zero-order valence-corrected chi connectivity index (χ0v) is 15.2. The molecule has 2 amide bonds. The van der Waals surface area contributed by atoms with Crippen molar-refractivity contribution in [1.29, 1.82) is 0 Å². The fraction of sp³-hybridized carbons (Fsp3) is 0.526. The number of fused-ring (bicyclic) bond motifs is 1. The molecule has 1 aromatic rings. The minimum absolute atomic E-state index is 0.111. The molecular weight excluding hydrogens is 352 g/mol. The average molecular weight is 374 g/mol. The highest BCUT2D eigenvalue weighted by Crippen LogP contribution is 2.40. The number of nitrogens with one attached hydrogen (secondary N) is 2. The van der Waals surface area contributed by atoms with E-state index in [1.165, 1.54) is 16.2 Å². The first-order chi connectivity index (χ1) is 12.5. The molecule has 26 heavy (non-hydrogen) atoms. The molecule has 0 saturated heterocycles. The minimum atomic E-state index is -0.949. The van der Waals surface area contributed by atoms with Crippen molar-refractivity contribution >= 4 is 34.1 Å². The summed E-state index contributed by atoms with van der Waals surface area (Å²) in [6.45, 7) is 0. The van der Waals surface area contributed by atoms with Crippen LogP contribution in [-0.2, 0) is 22.4 Å². The summed E-state index contributed by atoms with van der Waals surface area (Å²) in [5.74, 6) is -2.68. The smallest absolute Gasteiger partial charge is 0.307 e. The number of amides is 2. The van der Waals surface area contributed by atoms with Gasteiger partial charge in [0.1, 0.15) is 5.00 Å². The summed E-state index contributed by atoms with van der Waals surface area (Å²) in [5.41, 5.74) is 1.66. The maximum absolute atomic E-state index is 12.8. The third-order valence-corrected chi connectivity index (χ3v) is 6.59. The molecule has 3 aliphatic carbocycles. The number of carboxylic acids is 1. The second-order valence-corrected chi connectivity index (χ2v) is 8.40. The Balaban J connectivity index is 1.57. The second kappa shape index (κ2) is 6.87. The third-order valence-electron chi connectivity index (χ3n) is 5.38. The molecule has 3 aliphatic rings. The number of hydrogen-bond acceptors (Lipinski definition) is 4. The lowest BCUT2D eigenvalue weighted by Gasteiger charge is -2.24. The predicted molar refractivity (Wildman–Crippen MR) is 98.5 cm³/mol. The molecule has 7 heteroatoms. The highest BCUT2D eigenvalue weighted by molar-refractivity contribution is 7.17. The van der Waals surface area contributed by atoms with Crippen LogP contribution < -0.4 is 10.6 Å². The van der Waals surface area contributed by atoms with Crippen molar-refractivity contribution in [2.75, 3.05) is 5.32 Å². The highest BCUT2D eigenvalue weighted by atomic mass is 32.1. The molecule has 1 aromatic heterocycles. The summed E-state index contributed by atoms with van der Waals surface area (Å²) >= 11 is 1.47. The van der Waals surface area contributed by atoms with E-state index in [2.05, 4.69) is 10.6 Å². The maximum atomic E-state index is 12.8. The van der Waals surface area contributed by atoms with Crippen molar-refractivity contribution in [2.24, 2.45) is 11.8 Å². The van der Waals surface area contributed by atoms with Crippen LogP contribution in [0.3, 0.4) is 0 Å². The number of aliphatic carboxylic acids is 1. The number of thiophene rings is 1. The molecule has 0 aliphatic heterocycles. The number of allylic oxidation sites excluding steroid dienone is 2. The van der Waals surface area contributed by atoms with E-state index in [-0.39, 0.29) is 17.9 Å². The maximum Gasteiger partial charge on any atom is 0.307 e. The summed E-state index contributed by atoms with van der Waals surface area (Å²) < 4.78 is 0. The van der Waals surface area contributed by atoms with E-state index in [0.717, 1.165) is 37.7 Å². The van der Waals surface area contributed by atoms with Gasteiger partial charge in [0, 0.05) is 10.9 Å². The predicted octanol–water partition coefficient (Wildman–Crippen LogP) is 2.73. The van der Waals surface area contributed by atoms with Crippen LogP contribution in [0.15, 0.2) is 12.2 Å². The Labute approximate surface area is 155 Å². The molecule has 0 radical (unpaired) electrons. The molecule has 2 atom stereocenters. The Bertz CT molecular complexity index is 794. The van der Waals surface area contributed by atoms with E-state index in [0.29, 0.717) is 23.4 Å². The van der Waals surface area contributed by atoms with E-state index in [9.17, 15) is 19.5 Å². The van der Waals surface area contributed by atoms with Gasteiger partial charge in [-0.1, -0.05) is 12.2 Å². The van der Waals surface area contributed by atoms with Crippen molar-refractivity contribution in [3.63, 3.8) is 0 Å². The van der Waals surface area contributed by atoms with Gasteiger partial charge in [0.15, 0.2) is 0 Å². The lowest BCUT2D eigenvalue weighted by Crippen LogP contribution is -2.35. The quantitative estimate of drug-likeness (QED) is 0.691. The van der Waals surface area contributed by atoms with E-state index >= 15 is 0 Å². The van der Waals surface area contributed by atoms with Crippen molar-refractivity contribution < 1.29 is 19.5 Å². The summed E-state index contributed by atoms with van der Waals surface area (Å²) in [4.78, 5) is 38.1. The molecule has 4 rings (SSSR count). The van der Waals surface area contributed by atoms with Crippen LogP contribution in [0.4, 0.5) is 5.00 Å². The van der Waals surface area contributed by atoms with Crippen molar-refractivity contribution in [2.45, 2.75) is 51.0 Å². The molecule has 1 saturated carbocycles.